The van der Waals surface area contributed by atoms with E-state index in [4.69, 9.17) is 176 Å². The second kappa shape index (κ2) is 35.9. The quantitative estimate of drug-likeness (QED) is 0.0826. The highest BCUT2D eigenvalue weighted by atomic mass is 32.7. The van der Waals surface area contributed by atoms with Crippen molar-refractivity contribution < 1.29 is 121 Å². The van der Waals surface area contributed by atoms with E-state index < -0.39 is 193 Å². The zero-order chi connectivity index (χ0) is 92.0. The van der Waals surface area contributed by atoms with Crippen molar-refractivity contribution in [3.05, 3.63) is 105 Å². The minimum Gasteiger partial charge on any atom is -0.398 e. The van der Waals surface area contributed by atoms with Gasteiger partial charge in [0.1, 0.15) is 78.7 Å². The number of hydrogen-bond acceptors (Lipinski definition) is 46. The zero-order valence-corrected chi connectivity index (χ0v) is 76.6. The molecule has 21 heterocycles. The first-order chi connectivity index (χ1) is 62.2. The number of anilines is 6. The summed E-state index contributed by atoms with van der Waals surface area (Å²) in [6.45, 7) is -26.3. The molecule has 0 aliphatic carbocycles. The first-order valence-corrected chi connectivity index (χ1v) is 54.5. The van der Waals surface area contributed by atoms with Crippen molar-refractivity contribution in [1.29, 1.82) is 0 Å². The summed E-state index contributed by atoms with van der Waals surface area (Å²) < 4.78 is 143. The summed E-state index contributed by atoms with van der Waals surface area (Å²) in [6.07, 6.45) is -10.5. The Hall–Kier alpha value is -7.49. The second-order valence-electron chi connectivity index (χ2n) is 30.4. The lowest BCUT2D eigenvalue weighted by Gasteiger charge is -2.27. The molecule has 702 valence electrons. The van der Waals surface area contributed by atoms with E-state index in [0.717, 1.165) is 20.1 Å². The number of aliphatic hydroxyl groups is 1. The molecule has 6 unspecified atom stereocenters. The van der Waals surface area contributed by atoms with Crippen molar-refractivity contribution in [3.8, 4) is 0 Å². The van der Waals surface area contributed by atoms with Crippen molar-refractivity contribution in [2.75, 3.05) is 74.0 Å². The van der Waals surface area contributed by atoms with Crippen LogP contribution in [-0.4, -0.2) is 258 Å². The molecule has 55 nitrogen and oxygen atoms in total. The fourth-order valence-electron chi connectivity index (χ4n) is 16.1. The Labute approximate surface area is 760 Å². The van der Waals surface area contributed by atoms with Gasteiger partial charge in [0, 0.05) is 78.8 Å². The van der Waals surface area contributed by atoms with Crippen LogP contribution >= 0.6 is 52.6 Å². The highest BCUT2D eigenvalue weighted by Crippen LogP contribution is 2.61. The Kier molecular flexibility index (Phi) is 25.4. The van der Waals surface area contributed by atoms with Crippen LogP contribution in [0.5, 0.6) is 0 Å². The highest BCUT2D eigenvalue weighted by molar-refractivity contribution is 8.44. The molecule has 9 aliphatic rings. The number of nitrogens with two attached hydrogens (primary N) is 6. The maximum atomic E-state index is 16.0. The number of alkyl halides is 1. The number of fused-ring (bicyclic) bond motifs is 15. The van der Waals surface area contributed by atoms with Gasteiger partial charge in [0.05, 0.1) is 82.4 Å². The number of aliphatic hydroxyl groups excluding tert-OH is 1. The number of thiol groups is 1. The number of pyridine rings is 3. The van der Waals surface area contributed by atoms with Crippen LogP contribution in [0.2, 0.25) is 0 Å². The fraction of sp³-hybridized carbons (Fsp3) is 0.476. The van der Waals surface area contributed by atoms with Crippen molar-refractivity contribution in [2.45, 2.75) is 149 Å². The summed E-state index contributed by atoms with van der Waals surface area (Å²) in [7, 11) is 0. The van der Waals surface area contributed by atoms with E-state index in [1.807, 2.05) is 12.1 Å². The predicted octanol–water partition coefficient (Wildman–Crippen LogP) is 1.40. The van der Waals surface area contributed by atoms with Gasteiger partial charge >= 0.3 is 40.4 Å². The molecule has 6 bridgehead atoms. The molecule has 0 saturated carbocycles. The Morgan fingerprint density at radius 2 is 0.824 bits per heavy atom. The number of imidazole rings is 2. The summed E-state index contributed by atoms with van der Waals surface area (Å²) in [5.41, 5.74) is 36.2. The van der Waals surface area contributed by atoms with Gasteiger partial charge in [0.2, 0.25) is 17.8 Å². The van der Waals surface area contributed by atoms with Crippen molar-refractivity contribution in [1.82, 2.24) is 103 Å². The number of rotatable bonds is 6. The Bertz CT molecular complexity index is 6700. The van der Waals surface area contributed by atoms with Gasteiger partial charge in [-0.15, -0.1) is 10.2 Å². The third-order valence-corrected chi connectivity index (χ3v) is 31.4. The monoisotopic (exact) mass is 2050 g/mol. The number of nitrogen functional groups attached to an aromatic ring is 6. The Morgan fingerprint density at radius 1 is 0.412 bits per heavy atom. The van der Waals surface area contributed by atoms with E-state index in [2.05, 4.69) is 87.7 Å². The molecule has 0 radical (unpaired) electrons. The molecule has 21 N–H and O–H groups in total. The topological polar surface area (TPSA) is 744 Å². The number of ether oxygens (including phenoxy) is 6. The van der Waals surface area contributed by atoms with Crippen molar-refractivity contribution >= 4 is 213 Å². The summed E-state index contributed by atoms with van der Waals surface area (Å²) in [5, 5.41) is 28.1. The van der Waals surface area contributed by atoms with E-state index in [9.17, 15) is 48.5 Å². The molecule has 9 saturated heterocycles. The van der Waals surface area contributed by atoms with Crippen LogP contribution in [0, 0.1) is 0 Å². The molecule has 131 heavy (non-hydrogen) atoms. The standard InChI is InChI=1S/2C22H26N8O9P2S2.C19H22FN11O10P2S2/c2*23-12-1-3-25-18-11(12)2-4-29(18)16-6-13-15(37-16)8-35-41(33,43)39-14-5-10(7-34-40(32,42)38-13)36-21(14)30-9-26-17-19(30)27-22(24)28-20(17)31;20-8-12-7(39-17(8)30-14-9(26-28-30)5(21)1-2-23-14)4-37-43(35,45)41-13-11(32)6(3-36-42(34,44)40-12)38-18(13)31-15-10(27-29-31)16(33)25-19(22)24-15/h2*1-4,9-10,13-16,21H,5-8H2,(H2,23,25)(H,32,42)(H,33,43)(H3,24,27,28,31);1-2,6-8,11-13,17-18,32H,3-4H2,(H2,21,23)(H,34,44)(H,35,45)(H3,22,24,25,33)/t2*10-,13-,14+,15+,16+,21+,40?,41?;6-,7-,8+,11-,12-,13-,17-,18-,42?,43?/m001/s1. The predicted molar refractivity (Wildman–Crippen MR) is 470 cm³/mol. The fourth-order valence-corrected chi connectivity index (χ4v) is 24.8. The number of nitrogens with zero attached hydrogens (tertiary/aromatic N) is 18. The zero-order valence-electron chi connectivity index (χ0n) is 66.3. The molecule has 12 aromatic rings. The van der Waals surface area contributed by atoms with Crippen LogP contribution in [0.1, 0.15) is 63.1 Å². The van der Waals surface area contributed by atoms with Gasteiger partial charge in [-0.2, -0.15) is 24.3 Å². The van der Waals surface area contributed by atoms with E-state index in [-0.39, 0.29) is 120 Å². The highest BCUT2D eigenvalue weighted by Gasteiger charge is 2.56. The molecule has 0 spiro atoms. The maximum absolute atomic E-state index is 16.0. The Balaban J connectivity index is 0.000000127. The van der Waals surface area contributed by atoms with Crippen LogP contribution in [-0.2, 0) is 146 Å². The van der Waals surface area contributed by atoms with Crippen LogP contribution in [0.15, 0.2) is 88.4 Å². The number of halogens is 1. The number of aromatic amines is 3. The number of nitrogens with one attached hydrogen (secondary N) is 3. The molecule has 26 atom stereocenters. The van der Waals surface area contributed by atoms with Crippen LogP contribution in [0.3, 0.4) is 0 Å². The SMILES string of the molecule is Nc1nc2c(ncn2[C@@H]2O[C@@H]3COP(O)(=S)O[C@H]4C[C@H](n5ccc6c(N)ccnc65)O[C@@H]4COP(=O)(S)O[C@@H]2C3)c(=O)[nH]1.Nc1nc2c(ncn2[C@@H]2O[C@@H]3COP(O)(=S)O[C@H]4C[C@H](n5ccc6c(N)ccnc65)O[C@@H]4COP(O)(=S)O[C@@H]2C3)c(=O)[nH]1.Nc1nc2c(nnn2[C@@H]2O[C@@H]3COP(O)(=S)O[C@H]4[C@H](F)[C@H](n5nnc6c(N)ccnc65)O[C@@H]4COP(O)(=S)O[C@@H]2[C@@H]3O)c(=O)[nH]1. The van der Waals surface area contributed by atoms with E-state index in [0.29, 0.717) is 22.7 Å². The normalized spacial score (nSPS) is 36.2. The van der Waals surface area contributed by atoms with Crippen LogP contribution < -0.4 is 51.1 Å². The van der Waals surface area contributed by atoms with E-state index in [1.54, 1.807) is 46.1 Å². The van der Waals surface area contributed by atoms with Gasteiger partial charge in [-0.05, 0) is 89.4 Å². The summed E-state index contributed by atoms with van der Waals surface area (Å²) in [5.74, 6) is -0.520. The first kappa shape index (κ1) is 92.6. The lowest BCUT2D eigenvalue weighted by atomic mass is 10.1. The van der Waals surface area contributed by atoms with Gasteiger partial charge in [0.25, 0.3) is 16.7 Å². The average Bonchev–Trinajstić information content (AvgIpc) is 1.62. The van der Waals surface area contributed by atoms with Gasteiger partial charge in [-0.1, -0.05) is 22.7 Å². The first-order valence-electron chi connectivity index (χ1n) is 38.9. The largest absolute Gasteiger partial charge is 0.398 e. The number of hydrogen-bond donors (Lipinski definition) is 16. The molecule has 68 heteroatoms. The van der Waals surface area contributed by atoms with Gasteiger partial charge in [-0.25, -0.2) is 33.9 Å². The molecule has 0 aromatic carbocycles. The Morgan fingerprint density at radius 3 is 1.35 bits per heavy atom. The van der Waals surface area contributed by atoms with Gasteiger partial charge in [0.15, 0.2) is 75.7 Å². The summed E-state index contributed by atoms with van der Waals surface area (Å²) in [6, 6.07) is 8.52. The second-order valence-corrected chi connectivity index (χ2v) is 47.2. The summed E-state index contributed by atoms with van der Waals surface area (Å²) >= 11 is 30.6. The van der Waals surface area contributed by atoms with Crippen molar-refractivity contribution in [2.24, 2.45) is 0 Å². The van der Waals surface area contributed by atoms with Crippen LogP contribution in [0.4, 0.5) is 39.3 Å². The van der Waals surface area contributed by atoms with E-state index >= 15 is 4.39 Å². The minimum absolute atomic E-state index is 0.0163. The molecule has 0 amide bonds. The van der Waals surface area contributed by atoms with E-state index in [1.165, 1.54) is 34.1 Å². The molecule has 9 fully saturated rings. The van der Waals surface area contributed by atoms with Crippen molar-refractivity contribution in [3.63, 3.8) is 0 Å². The lowest BCUT2D eigenvalue weighted by Crippen LogP contribution is -2.35. The number of H-pyrrole nitrogens is 3. The maximum Gasteiger partial charge on any atom is 0.386 e. The van der Waals surface area contributed by atoms with Crippen LogP contribution in [0.25, 0.3) is 66.7 Å². The molecule has 9 aliphatic heterocycles. The third kappa shape index (κ3) is 18.9. The minimum atomic E-state index is -4.30. The molecule has 21 rings (SSSR count). The summed E-state index contributed by atoms with van der Waals surface area (Å²) in [4.78, 5) is 133. The molecule has 12 aromatic heterocycles. The molecular formula is C63H74FN27O28P6S6. The average molecular weight is 2050 g/mol. The van der Waals surface area contributed by atoms with Gasteiger partial charge < -0.3 is 138 Å². The smallest absolute Gasteiger partial charge is 0.386 e. The van der Waals surface area contributed by atoms with Gasteiger partial charge in [-0.3, -0.25) is 56.6 Å². The third-order valence-electron chi connectivity index (χ3n) is 21.9. The molecular weight excluding hydrogens is 1980 g/mol. The number of aromatic nitrogens is 21. The lowest BCUT2D eigenvalue weighted by molar-refractivity contribution is -0.0655.